The summed E-state index contributed by atoms with van der Waals surface area (Å²) >= 11 is 3.00. The molecule has 0 radical (unpaired) electrons. The van der Waals surface area contributed by atoms with Crippen molar-refractivity contribution in [3.63, 3.8) is 0 Å². The summed E-state index contributed by atoms with van der Waals surface area (Å²) in [6.07, 6.45) is 0.806. The Morgan fingerprint density at radius 3 is 3.04 bits per heavy atom. The van der Waals surface area contributed by atoms with Crippen LogP contribution >= 0.6 is 23.5 Å². The molecule has 6 nitrogen and oxygen atoms in total. The Morgan fingerprint density at radius 1 is 1.52 bits per heavy atom. The maximum atomic E-state index is 12.4. The Labute approximate surface area is 141 Å². The number of fused-ring (bicyclic) bond motifs is 1. The van der Waals surface area contributed by atoms with Crippen molar-refractivity contribution in [3.05, 3.63) is 56.0 Å². The van der Waals surface area contributed by atoms with E-state index >= 15 is 0 Å². The Morgan fingerprint density at radius 2 is 2.30 bits per heavy atom. The minimum absolute atomic E-state index is 0.00843. The highest BCUT2D eigenvalue weighted by atomic mass is 32.2. The molecule has 1 aliphatic rings. The fourth-order valence-electron chi connectivity index (χ4n) is 2.41. The molecule has 0 saturated heterocycles. The number of benzene rings is 1. The Balaban J connectivity index is 1.83. The maximum Gasteiger partial charge on any atom is 0.269 e. The van der Waals surface area contributed by atoms with E-state index < -0.39 is 4.92 Å². The molecule has 0 amide bonds. The van der Waals surface area contributed by atoms with Gasteiger partial charge in [0.1, 0.15) is 0 Å². The molecule has 0 bridgehead atoms. The number of thioether (sulfide) groups is 2. The van der Waals surface area contributed by atoms with E-state index in [4.69, 9.17) is 0 Å². The minimum atomic E-state index is -0.407. The molecule has 0 aliphatic carbocycles. The third kappa shape index (κ3) is 3.28. The first-order valence-electron chi connectivity index (χ1n) is 7.08. The van der Waals surface area contributed by atoms with Crippen LogP contribution in [0.3, 0.4) is 0 Å². The van der Waals surface area contributed by atoms with Gasteiger partial charge in [-0.15, -0.1) is 11.8 Å². The predicted molar refractivity (Wildman–Crippen MR) is 91.2 cm³/mol. The van der Waals surface area contributed by atoms with Crippen molar-refractivity contribution in [2.45, 2.75) is 34.4 Å². The zero-order valence-corrected chi connectivity index (χ0v) is 14.3. The molecule has 1 unspecified atom stereocenters. The molecule has 0 spiro atoms. The minimum Gasteiger partial charge on any atom is -0.290 e. The molecule has 3 rings (SSSR count). The molecule has 0 fully saturated rings. The van der Waals surface area contributed by atoms with E-state index in [1.807, 2.05) is 6.07 Å². The van der Waals surface area contributed by atoms with Gasteiger partial charge in [-0.2, -0.15) is 0 Å². The van der Waals surface area contributed by atoms with Crippen LogP contribution in [0.5, 0.6) is 0 Å². The molecule has 8 heteroatoms. The number of nitro benzene ring substituents is 1. The van der Waals surface area contributed by atoms with Crippen molar-refractivity contribution in [1.82, 2.24) is 9.55 Å². The SMILES string of the molecule is CC1Cc2nc(SCc3cccc([N+](=O)[O-])c3)n(C)c(=O)c2S1. The van der Waals surface area contributed by atoms with Crippen LogP contribution in [0.25, 0.3) is 0 Å². The molecule has 1 aromatic carbocycles. The van der Waals surface area contributed by atoms with Crippen LogP contribution < -0.4 is 5.56 Å². The van der Waals surface area contributed by atoms with Crippen molar-refractivity contribution < 1.29 is 4.92 Å². The Kier molecular flexibility index (Phi) is 4.45. The summed E-state index contributed by atoms with van der Waals surface area (Å²) in [6, 6.07) is 6.53. The van der Waals surface area contributed by atoms with E-state index in [1.54, 1.807) is 35.5 Å². The topological polar surface area (TPSA) is 78.0 Å². The molecule has 120 valence electrons. The van der Waals surface area contributed by atoms with Gasteiger partial charge in [-0.3, -0.25) is 19.5 Å². The average molecular weight is 349 g/mol. The fourth-order valence-corrected chi connectivity index (χ4v) is 4.49. The van der Waals surface area contributed by atoms with Crippen LogP contribution in [0.15, 0.2) is 39.1 Å². The molecule has 0 saturated carbocycles. The zero-order valence-electron chi connectivity index (χ0n) is 12.7. The predicted octanol–water partition coefficient (Wildman–Crippen LogP) is 3.02. The normalized spacial score (nSPS) is 16.3. The van der Waals surface area contributed by atoms with E-state index in [0.29, 0.717) is 16.2 Å². The summed E-state index contributed by atoms with van der Waals surface area (Å²) in [5.41, 5.74) is 1.77. The van der Waals surface area contributed by atoms with E-state index in [1.165, 1.54) is 17.8 Å². The molecule has 1 aromatic heterocycles. The second-order valence-electron chi connectivity index (χ2n) is 5.38. The highest BCUT2D eigenvalue weighted by Crippen LogP contribution is 2.34. The van der Waals surface area contributed by atoms with Crippen LogP contribution in [0, 0.1) is 10.1 Å². The highest BCUT2D eigenvalue weighted by Gasteiger charge is 2.25. The van der Waals surface area contributed by atoms with Gasteiger partial charge in [0.2, 0.25) is 0 Å². The van der Waals surface area contributed by atoms with Crippen molar-refractivity contribution in [3.8, 4) is 0 Å². The van der Waals surface area contributed by atoms with Crippen LogP contribution in [0.1, 0.15) is 18.2 Å². The molecule has 2 heterocycles. The lowest BCUT2D eigenvalue weighted by molar-refractivity contribution is -0.384. The lowest BCUT2D eigenvalue weighted by Gasteiger charge is -2.09. The highest BCUT2D eigenvalue weighted by molar-refractivity contribution is 8.00. The van der Waals surface area contributed by atoms with Crippen molar-refractivity contribution >= 4 is 29.2 Å². The van der Waals surface area contributed by atoms with Crippen molar-refractivity contribution in [1.29, 1.82) is 0 Å². The average Bonchev–Trinajstić information content (AvgIpc) is 2.90. The second-order valence-corrected chi connectivity index (χ2v) is 7.77. The van der Waals surface area contributed by atoms with Crippen LogP contribution in [-0.2, 0) is 19.2 Å². The van der Waals surface area contributed by atoms with Gasteiger partial charge in [-0.1, -0.05) is 30.8 Å². The van der Waals surface area contributed by atoms with Gasteiger partial charge in [-0.25, -0.2) is 4.98 Å². The first-order chi connectivity index (χ1) is 11.0. The lowest BCUT2D eigenvalue weighted by atomic mass is 10.2. The van der Waals surface area contributed by atoms with Gasteiger partial charge in [0.25, 0.3) is 11.2 Å². The number of hydrogen-bond acceptors (Lipinski definition) is 6. The number of nitro groups is 1. The molecule has 2 aromatic rings. The van der Waals surface area contributed by atoms with Gasteiger partial charge < -0.3 is 0 Å². The van der Waals surface area contributed by atoms with Gasteiger partial charge in [0.05, 0.1) is 15.5 Å². The van der Waals surface area contributed by atoms with E-state index in [9.17, 15) is 14.9 Å². The standard InChI is InChI=1S/C15H15N3O3S2/c1-9-6-12-13(23-9)14(19)17(2)15(16-12)22-8-10-4-3-5-11(7-10)18(20)21/h3-5,7,9H,6,8H2,1-2H3. The quantitative estimate of drug-likeness (QED) is 0.365. The van der Waals surface area contributed by atoms with E-state index in [-0.39, 0.29) is 11.2 Å². The van der Waals surface area contributed by atoms with Crippen LogP contribution in [0.2, 0.25) is 0 Å². The third-order valence-electron chi connectivity index (χ3n) is 3.57. The second kappa shape index (κ2) is 6.37. The van der Waals surface area contributed by atoms with Crippen LogP contribution in [-0.4, -0.2) is 19.7 Å². The van der Waals surface area contributed by atoms with Gasteiger partial charge in [0.15, 0.2) is 5.16 Å². The van der Waals surface area contributed by atoms with Gasteiger partial charge in [0, 0.05) is 36.6 Å². The molecular formula is C15H15N3O3S2. The fraction of sp³-hybridized carbons (Fsp3) is 0.333. The summed E-state index contributed by atoms with van der Waals surface area (Å²) < 4.78 is 1.56. The molecular weight excluding hydrogens is 334 g/mol. The Bertz CT molecular complexity index is 835. The zero-order chi connectivity index (χ0) is 16.6. The summed E-state index contributed by atoms with van der Waals surface area (Å²) in [5, 5.41) is 11.8. The first kappa shape index (κ1) is 16.1. The number of non-ortho nitro benzene ring substituents is 1. The van der Waals surface area contributed by atoms with E-state index in [2.05, 4.69) is 11.9 Å². The Hall–Kier alpha value is -1.80. The first-order valence-corrected chi connectivity index (χ1v) is 8.95. The van der Waals surface area contributed by atoms with E-state index in [0.717, 1.165) is 22.6 Å². The lowest BCUT2D eigenvalue weighted by Crippen LogP contribution is -2.22. The smallest absolute Gasteiger partial charge is 0.269 e. The molecule has 0 N–H and O–H groups in total. The van der Waals surface area contributed by atoms with Crippen molar-refractivity contribution in [2.24, 2.45) is 7.05 Å². The summed E-state index contributed by atoms with van der Waals surface area (Å²) in [4.78, 5) is 28.2. The number of rotatable bonds is 4. The molecule has 23 heavy (non-hydrogen) atoms. The van der Waals surface area contributed by atoms with Gasteiger partial charge in [-0.05, 0) is 5.56 Å². The summed E-state index contributed by atoms with van der Waals surface area (Å²) in [7, 11) is 1.72. The van der Waals surface area contributed by atoms with Gasteiger partial charge >= 0.3 is 0 Å². The summed E-state index contributed by atoms with van der Waals surface area (Å²) in [5.74, 6) is 0.531. The monoisotopic (exact) mass is 349 g/mol. The third-order valence-corrected chi connectivity index (χ3v) is 5.88. The molecule has 1 atom stereocenters. The number of nitrogens with zero attached hydrogens (tertiary/aromatic N) is 3. The van der Waals surface area contributed by atoms with Crippen molar-refractivity contribution in [2.75, 3.05) is 0 Å². The number of hydrogen-bond donors (Lipinski definition) is 0. The largest absolute Gasteiger partial charge is 0.290 e. The molecule has 1 aliphatic heterocycles. The number of aromatic nitrogens is 2. The maximum absolute atomic E-state index is 12.4. The van der Waals surface area contributed by atoms with Crippen LogP contribution in [0.4, 0.5) is 5.69 Å². The summed E-state index contributed by atoms with van der Waals surface area (Å²) in [6.45, 7) is 2.09.